The molecular formula is C14H17NO3. The molecule has 0 saturated heterocycles. The highest BCUT2D eigenvalue weighted by Gasteiger charge is 2.30. The number of ether oxygens (including phenoxy) is 1. The van der Waals surface area contributed by atoms with Crippen LogP contribution >= 0.6 is 0 Å². The van der Waals surface area contributed by atoms with Crippen molar-refractivity contribution in [2.24, 2.45) is 5.92 Å². The molecule has 18 heavy (non-hydrogen) atoms. The van der Waals surface area contributed by atoms with Crippen LogP contribution in [0.5, 0.6) is 5.75 Å². The van der Waals surface area contributed by atoms with Crippen LogP contribution in [0.2, 0.25) is 0 Å². The summed E-state index contributed by atoms with van der Waals surface area (Å²) in [7, 11) is 0. The van der Waals surface area contributed by atoms with Crippen molar-refractivity contribution < 1.29 is 14.3 Å². The Kier molecular flexibility index (Phi) is 3.36. The normalized spacial score (nSPS) is 18.0. The molecule has 1 aliphatic rings. The Labute approximate surface area is 106 Å². The second-order valence-electron chi connectivity index (χ2n) is 4.76. The molecule has 4 heteroatoms. The fraction of sp³-hybridized carbons (Fsp3) is 0.429. The average Bonchev–Trinajstić information content (AvgIpc) is 2.35. The zero-order chi connectivity index (χ0) is 13.3. The molecule has 0 spiro atoms. The largest absolute Gasteiger partial charge is 0.478 e. The van der Waals surface area contributed by atoms with Crippen molar-refractivity contribution in [1.82, 2.24) is 0 Å². The van der Waals surface area contributed by atoms with Gasteiger partial charge < -0.3 is 10.1 Å². The molecule has 0 fully saturated rings. The number of hydrogen-bond acceptors (Lipinski definition) is 3. The molecule has 1 atom stereocenters. The number of fused-ring (bicyclic) bond motifs is 1. The minimum absolute atomic E-state index is 0.0537. The summed E-state index contributed by atoms with van der Waals surface area (Å²) in [5.41, 5.74) is 1.18. The monoisotopic (exact) mass is 247 g/mol. The Bertz CT molecular complexity index is 494. The summed E-state index contributed by atoms with van der Waals surface area (Å²) in [6, 6.07) is 5.15. The van der Waals surface area contributed by atoms with E-state index in [1.54, 1.807) is 18.2 Å². The number of carbonyl (C=O) groups is 2. The minimum atomic E-state index is -0.467. The number of amides is 1. The first-order chi connectivity index (χ1) is 8.52. The van der Waals surface area contributed by atoms with Gasteiger partial charge in [-0.3, -0.25) is 9.59 Å². The summed E-state index contributed by atoms with van der Waals surface area (Å²) in [5, 5.41) is 2.79. The highest BCUT2D eigenvalue weighted by Crippen LogP contribution is 2.32. The lowest BCUT2D eigenvalue weighted by Gasteiger charge is -2.28. The molecule has 1 unspecified atom stereocenters. The quantitative estimate of drug-likeness (QED) is 0.835. The molecule has 0 bridgehead atoms. The van der Waals surface area contributed by atoms with Gasteiger partial charge >= 0.3 is 0 Å². The van der Waals surface area contributed by atoms with E-state index in [1.165, 1.54) is 0 Å². The average molecular weight is 247 g/mol. The van der Waals surface area contributed by atoms with Gasteiger partial charge in [0.2, 0.25) is 0 Å². The van der Waals surface area contributed by atoms with Crippen molar-refractivity contribution in [3.8, 4) is 5.75 Å². The number of Topliss-reactive ketones (excluding diaryl/α,β-unsaturated/α-hetero) is 1. The lowest BCUT2D eigenvalue weighted by atomic mass is 10.0. The Hall–Kier alpha value is -1.84. The lowest BCUT2D eigenvalue weighted by Crippen LogP contribution is -2.40. The summed E-state index contributed by atoms with van der Waals surface area (Å²) < 4.78 is 5.65. The predicted molar refractivity (Wildman–Crippen MR) is 68.9 cm³/mol. The van der Waals surface area contributed by atoms with Gasteiger partial charge in [0.25, 0.3) is 5.91 Å². The van der Waals surface area contributed by atoms with Crippen molar-refractivity contribution in [3.63, 3.8) is 0 Å². The van der Waals surface area contributed by atoms with Crippen LogP contribution in [-0.2, 0) is 4.79 Å². The van der Waals surface area contributed by atoms with Crippen molar-refractivity contribution in [2.45, 2.75) is 33.3 Å². The maximum Gasteiger partial charge on any atom is 0.265 e. The van der Waals surface area contributed by atoms with Crippen LogP contribution in [0.4, 0.5) is 5.69 Å². The topological polar surface area (TPSA) is 55.4 Å². The van der Waals surface area contributed by atoms with Gasteiger partial charge in [-0.15, -0.1) is 0 Å². The molecule has 1 amide bonds. The van der Waals surface area contributed by atoms with Crippen LogP contribution in [0.3, 0.4) is 0 Å². The van der Waals surface area contributed by atoms with E-state index in [0.717, 1.165) is 0 Å². The fourth-order valence-electron chi connectivity index (χ4n) is 1.94. The second-order valence-corrected chi connectivity index (χ2v) is 4.76. The van der Waals surface area contributed by atoms with E-state index < -0.39 is 6.10 Å². The van der Waals surface area contributed by atoms with Gasteiger partial charge in [0.15, 0.2) is 11.9 Å². The molecule has 1 heterocycles. The van der Waals surface area contributed by atoms with Crippen molar-refractivity contribution in [1.29, 1.82) is 0 Å². The SMILES string of the molecule is CCC(=O)c1ccc2c(c1)NC(=O)C(C(C)C)O2. The Morgan fingerprint density at radius 3 is 2.78 bits per heavy atom. The smallest absolute Gasteiger partial charge is 0.265 e. The fourth-order valence-corrected chi connectivity index (χ4v) is 1.94. The molecule has 0 radical (unpaired) electrons. The van der Waals surface area contributed by atoms with Gasteiger partial charge in [0.1, 0.15) is 5.75 Å². The minimum Gasteiger partial charge on any atom is -0.478 e. The number of rotatable bonds is 3. The molecule has 0 aliphatic carbocycles. The van der Waals surface area contributed by atoms with Crippen LogP contribution < -0.4 is 10.1 Å². The third kappa shape index (κ3) is 2.23. The number of hydrogen-bond donors (Lipinski definition) is 1. The molecule has 1 N–H and O–H groups in total. The lowest BCUT2D eigenvalue weighted by molar-refractivity contribution is -0.125. The van der Waals surface area contributed by atoms with Crippen LogP contribution in [0, 0.1) is 5.92 Å². The Balaban J connectivity index is 2.32. The summed E-state index contributed by atoms with van der Waals surface area (Å²) >= 11 is 0. The summed E-state index contributed by atoms with van der Waals surface area (Å²) in [6.07, 6.45) is -0.0207. The van der Waals surface area contributed by atoms with E-state index in [1.807, 2.05) is 20.8 Å². The van der Waals surface area contributed by atoms with Crippen LogP contribution in [0.1, 0.15) is 37.6 Å². The van der Waals surface area contributed by atoms with E-state index >= 15 is 0 Å². The zero-order valence-corrected chi connectivity index (χ0v) is 10.8. The van der Waals surface area contributed by atoms with E-state index in [9.17, 15) is 9.59 Å². The van der Waals surface area contributed by atoms with Crippen LogP contribution in [0.25, 0.3) is 0 Å². The third-order valence-corrected chi connectivity index (χ3v) is 3.00. The highest BCUT2D eigenvalue weighted by atomic mass is 16.5. The van der Waals surface area contributed by atoms with Crippen molar-refractivity contribution in [2.75, 3.05) is 5.32 Å². The Morgan fingerprint density at radius 2 is 2.17 bits per heavy atom. The molecule has 0 aromatic heterocycles. The molecule has 1 aromatic carbocycles. The standard InChI is InChI=1S/C14H17NO3/c1-4-11(16)9-5-6-12-10(7-9)15-14(17)13(18-12)8(2)3/h5-8,13H,4H2,1-3H3,(H,15,17). The molecule has 1 aliphatic heterocycles. The first-order valence-corrected chi connectivity index (χ1v) is 6.17. The van der Waals surface area contributed by atoms with Crippen molar-refractivity contribution >= 4 is 17.4 Å². The highest BCUT2D eigenvalue weighted by molar-refractivity contribution is 6.01. The molecule has 2 rings (SSSR count). The van der Waals surface area contributed by atoms with Gasteiger partial charge in [-0.2, -0.15) is 0 Å². The van der Waals surface area contributed by atoms with Gasteiger partial charge in [0.05, 0.1) is 5.69 Å². The number of benzene rings is 1. The number of anilines is 1. The summed E-state index contributed by atoms with van der Waals surface area (Å²) in [5.74, 6) is 0.632. The summed E-state index contributed by atoms with van der Waals surface area (Å²) in [6.45, 7) is 5.68. The third-order valence-electron chi connectivity index (χ3n) is 3.00. The Morgan fingerprint density at radius 1 is 1.44 bits per heavy atom. The molecule has 96 valence electrons. The molecule has 1 aromatic rings. The van der Waals surface area contributed by atoms with Crippen LogP contribution in [0.15, 0.2) is 18.2 Å². The number of nitrogens with one attached hydrogen (secondary N) is 1. The first-order valence-electron chi connectivity index (χ1n) is 6.17. The number of carbonyl (C=O) groups excluding carboxylic acids is 2. The van der Waals surface area contributed by atoms with Gasteiger partial charge in [-0.05, 0) is 24.1 Å². The summed E-state index contributed by atoms with van der Waals surface area (Å²) in [4.78, 5) is 23.4. The van der Waals surface area contributed by atoms with Gasteiger partial charge in [0, 0.05) is 12.0 Å². The van der Waals surface area contributed by atoms with Gasteiger partial charge in [-0.1, -0.05) is 20.8 Å². The van der Waals surface area contributed by atoms with Gasteiger partial charge in [-0.25, -0.2) is 0 Å². The zero-order valence-electron chi connectivity index (χ0n) is 10.8. The molecular weight excluding hydrogens is 230 g/mol. The maximum atomic E-state index is 11.8. The van der Waals surface area contributed by atoms with E-state index in [2.05, 4.69) is 5.32 Å². The predicted octanol–water partition coefficient (Wildman–Crippen LogP) is 2.63. The van der Waals surface area contributed by atoms with E-state index in [4.69, 9.17) is 4.74 Å². The van der Waals surface area contributed by atoms with Crippen molar-refractivity contribution in [3.05, 3.63) is 23.8 Å². The number of ketones is 1. The molecule has 0 saturated carbocycles. The van der Waals surface area contributed by atoms with E-state index in [0.29, 0.717) is 23.4 Å². The maximum absolute atomic E-state index is 11.8. The van der Waals surface area contributed by atoms with Crippen LogP contribution in [-0.4, -0.2) is 17.8 Å². The second kappa shape index (κ2) is 4.80. The molecule has 4 nitrogen and oxygen atoms in total. The first kappa shape index (κ1) is 12.6. The van der Waals surface area contributed by atoms with E-state index in [-0.39, 0.29) is 17.6 Å².